The van der Waals surface area contributed by atoms with E-state index in [-0.39, 0.29) is 17.9 Å². The first kappa shape index (κ1) is 23.2. The van der Waals surface area contributed by atoms with Crippen molar-refractivity contribution in [2.24, 2.45) is 0 Å². The number of aryl methyl sites for hydroxylation is 1. The van der Waals surface area contributed by atoms with Gasteiger partial charge >= 0.3 is 0 Å². The molecule has 0 saturated heterocycles. The van der Waals surface area contributed by atoms with Gasteiger partial charge in [-0.3, -0.25) is 9.59 Å². The molecule has 3 heterocycles. The van der Waals surface area contributed by atoms with Gasteiger partial charge in [-0.25, -0.2) is 0 Å². The van der Waals surface area contributed by atoms with E-state index in [9.17, 15) is 9.59 Å². The van der Waals surface area contributed by atoms with Crippen LogP contribution in [0, 0.1) is 0 Å². The molecule has 1 aliphatic carbocycles. The summed E-state index contributed by atoms with van der Waals surface area (Å²) in [7, 11) is 0. The molecule has 1 atom stereocenters. The normalized spacial score (nSPS) is 21.8. The van der Waals surface area contributed by atoms with Gasteiger partial charge in [0.15, 0.2) is 0 Å². The van der Waals surface area contributed by atoms with Gasteiger partial charge in [0.2, 0.25) is 5.91 Å². The van der Waals surface area contributed by atoms with E-state index in [1.165, 1.54) is 37.7 Å². The summed E-state index contributed by atoms with van der Waals surface area (Å²) in [5.74, 6) is -0.0353. The number of nitrogens with one attached hydrogen (secondary N) is 1. The topological polar surface area (TPSA) is 54.3 Å². The highest BCUT2D eigenvalue weighted by molar-refractivity contribution is 7.17. The van der Waals surface area contributed by atoms with Crippen molar-refractivity contribution in [3.8, 4) is 0 Å². The third-order valence-corrected chi connectivity index (χ3v) is 8.52. The molecule has 3 aromatic rings. The fourth-order valence-corrected chi connectivity index (χ4v) is 6.47. The molecule has 1 aliphatic heterocycles. The largest absolute Gasteiger partial charge is 0.351 e. The Morgan fingerprint density at radius 2 is 1.82 bits per heavy atom. The summed E-state index contributed by atoms with van der Waals surface area (Å²) < 4.78 is 3.18. The Morgan fingerprint density at radius 3 is 2.59 bits per heavy atom. The van der Waals surface area contributed by atoms with Crippen molar-refractivity contribution in [3.05, 3.63) is 59.1 Å². The highest BCUT2D eigenvalue weighted by Crippen LogP contribution is 2.35. The highest BCUT2D eigenvalue weighted by atomic mass is 32.1. The monoisotopic (exact) mass is 477 g/mol. The van der Waals surface area contributed by atoms with E-state index in [4.69, 9.17) is 0 Å². The number of carbonyl (C=O) groups excluding carboxylic acids is 2. The molecule has 180 valence electrons. The van der Waals surface area contributed by atoms with Crippen molar-refractivity contribution in [3.63, 3.8) is 0 Å². The average molecular weight is 478 g/mol. The first-order valence-corrected chi connectivity index (χ1v) is 13.7. The Kier molecular flexibility index (Phi) is 6.77. The van der Waals surface area contributed by atoms with Crippen molar-refractivity contribution in [1.29, 1.82) is 0 Å². The lowest BCUT2D eigenvalue weighted by atomic mass is 9.91. The van der Waals surface area contributed by atoms with E-state index in [1.54, 1.807) is 11.3 Å². The number of nitrogens with zero attached hydrogens (tertiary/aromatic N) is 2. The molecule has 0 bridgehead atoms. The average Bonchev–Trinajstić information content (AvgIpc) is 3.41. The SMILES string of the molecule is CC1(C(=O)NC2CCCCCCC2)Cn2c(cc3sccc32)C(=O)N1CCCc1ccccc1. The minimum atomic E-state index is -0.906. The maximum absolute atomic E-state index is 13.9. The van der Waals surface area contributed by atoms with Crippen LogP contribution >= 0.6 is 11.3 Å². The Morgan fingerprint density at radius 1 is 1.09 bits per heavy atom. The van der Waals surface area contributed by atoms with Gasteiger partial charge < -0.3 is 14.8 Å². The molecule has 1 unspecified atom stereocenters. The van der Waals surface area contributed by atoms with Gasteiger partial charge in [0.05, 0.1) is 16.8 Å². The predicted molar refractivity (Wildman–Crippen MR) is 138 cm³/mol. The molecule has 0 radical (unpaired) electrons. The fraction of sp³-hybridized carbons (Fsp3) is 0.500. The predicted octanol–water partition coefficient (Wildman–Crippen LogP) is 5.78. The summed E-state index contributed by atoms with van der Waals surface area (Å²) in [6.07, 6.45) is 9.92. The van der Waals surface area contributed by atoms with Gasteiger partial charge in [-0.2, -0.15) is 0 Å². The number of hydrogen-bond acceptors (Lipinski definition) is 3. The molecule has 2 amide bonds. The van der Waals surface area contributed by atoms with E-state index in [0.717, 1.165) is 35.9 Å². The maximum Gasteiger partial charge on any atom is 0.271 e. The van der Waals surface area contributed by atoms with Gasteiger partial charge in [0, 0.05) is 12.6 Å². The lowest BCUT2D eigenvalue weighted by Gasteiger charge is -2.44. The van der Waals surface area contributed by atoms with Gasteiger partial charge in [-0.05, 0) is 55.7 Å². The molecule has 5 rings (SSSR count). The summed E-state index contributed by atoms with van der Waals surface area (Å²) in [5, 5.41) is 5.43. The van der Waals surface area contributed by atoms with Crippen molar-refractivity contribution >= 4 is 33.4 Å². The zero-order valence-corrected chi connectivity index (χ0v) is 20.9. The van der Waals surface area contributed by atoms with E-state index < -0.39 is 5.54 Å². The van der Waals surface area contributed by atoms with Gasteiger partial charge in [-0.15, -0.1) is 11.3 Å². The lowest BCUT2D eigenvalue weighted by Crippen LogP contribution is -2.65. The molecule has 1 saturated carbocycles. The fourth-order valence-electron chi connectivity index (χ4n) is 5.65. The lowest BCUT2D eigenvalue weighted by molar-refractivity contribution is -0.133. The second-order valence-corrected chi connectivity index (χ2v) is 11.1. The van der Waals surface area contributed by atoms with E-state index >= 15 is 0 Å². The molecule has 2 aromatic heterocycles. The third-order valence-electron chi connectivity index (χ3n) is 7.67. The van der Waals surface area contributed by atoms with Crippen molar-refractivity contribution in [1.82, 2.24) is 14.8 Å². The molecule has 1 fully saturated rings. The van der Waals surface area contributed by atoms with Gasteiger partial charge in [0.1, 0.15) is 11.2 Å². The summed E-state index contributed by atoms with van der Waals surface area (Å²) in [6, 6.07) is 14.6. The van der Waals surface area contributed by atoms with Crippen LogP contribution in [0.1, 0.15) is 74.3 Å². The number of amides is 2. The number of thiophene rings is 1. The molecule has 5 nitrogen and oxygen atoms in total. The Balaban J connectivity index is 1.40. The van der Waals surface area contributed by atoms with Crippen LogP contribution in [0.4, 0.5) is 0 Å². The second-order valence-electron chi connectivity index (χ2n) is 10.1. The molecule has 6 heteroatoms. The van der Waals surface area contributed by atoms with Gasteiger partial charge in [0.25, 0.3) is 5.91 Å². The Labute approximate surface area is 206 Å². The van der Waals surface area contributed by atoms with Gasteiger partial charge in [-0.1, -0.05) is 62.4 Å². The van der Waals surface area contributed by atoms with Crippen LogP contribution in [0.2, 0.25) is 0 Å². The van der Waals surface area contributed by atoms with Crippen LogP contribution in [0.25, 0.3) is 10.2 Å². The molecule has 0 spiro atoms. The van der Waals surface area contributed by atoms with Crippen molar-refractivity contribution < 1.29 is 9.59 Å². The van der Waals surface area contributed by atoms with Crippen LogP contribution in [0.3, 0.4) is 0 Å². The summed E-state index contributed by atoms with van der Waals surface area (Å²) in [5.41, 5.74) is 2.12. The van der Waals surface area contributed by atoms with Crippen LogP contribution in [0.5, 0.6) is 0 Å². The third kappa shape index (κ3) is 4.52. The number of benzene rings is 1. The summed E-state index contributed by atoms with van der Waals surface area (Å²) in [4.78, 5) is 29.5. The number of rotatable bonds is 6. The van der Waals surface area contributed by atoms with E-state index in [2.05, 4.69) is 33.5 Å². The van der Waals surface area contributed by atoms with E-state index in [1.807, 2.05) is 36.1 Å². The number of aromatic nitrogens is 1. The summed E-state index contributed by atoms with van der Waals surface area (Å²) in [6.45, 7) is 3.03. The summed E-state index contributed by atoms with van der Waals surface area (Å²) >= 11 is 1.65. The quantitative estimate of drug-likeness (QED) is 0.489. The molecular formula is C28H35N3O2S. The highest BCUT2D eigenvalue weighted by Gasteiger charge is 2.47. The van der Waals surface area contributed by atoms with Crippen LogP contribution in [0.15, 0.2) is 47.8 Å². The van der Waals surface area contributed by atoms with Crippen LogP contribution < -0.4 is 5.32 Å². The van der Waals surface area contributed by atoms with Crippen LogP contribution in [-0.2, 0) is 17.8 Å². The molecule has 34 heavy (non-hydrogen) atoms. The van der Waals surface area contributed by atoms with Crippen LogP contribution in [-0.4, -0.2) is 39.4 Å². The zero-order valence-electron chi connectivity index (χ0n) is 20.1. The molecular weight excluding hydrogens is 442 g/mol. The molecule has 1 aromatic carbocycles. The minimum absolute atomic E-state index is 0.00568. The number of hydrogen-bond donors (Lipinski definition) is 1. The van der Waals surface area contributed by atoms with Crippen molar-refractivity contribution in [2.75, 3.05) is 6.54 Å². The minimum Gasteiger partial charge on any atom is -0.351 e. The Bertz CT molecular complexity index is 1140. The Hall–Kier alpha value is -2.60. The van der Waals surface area contributed by atoms with E-state index in [0.29, 0.717) is 18.8 Å². The standard InChI is InChI=1S/C28H35N3O2S/c1-28(27(33)29-22-14-8-3-2-4-9-15-22)20-30-23-16-18-34-25(23)19-24(30)26(32)31(28)17-10-13-21-11-6-5-7-12-21/h5-7,11-12,16,18-19,22H,2-4,8-10,13-15,17,20H2,1H3,(H,29,33). The zero-order chi connectivity index (χ0) is 23.5. The molecule has 1 N–H and O–H groups in total. The smallest absolute Gasteiger partial charge is 0.271 e. The van der Waals surface area contributed by atoms with Crippen molar-refractivity contribution in [2.45, 2.75) is 82.8 Å². The first-order valence-electron chi connectivity index (χ1n) is 12.8. The first-order chi connectivity index (χ1) is 16.6. The maximum atomic E-state index is 13.9. The number of carbonyl (C=O) groups is 2. The second kappa shape index (κ2) is 9.95. The number of fused-ring (bicyclic) bond motifs is 3. The molecule has 2 aliphatic rings.